The zero-order chi connectivity index (χ0) is 13.7. The van der Waals surface area contributed by atoms with E-state index in [1.165, 1.54) is 6.07 Å². The normalized spacial score (nSPS) is 16.1. The second-order valence-electron chi connectivity index (χ2n) is 4.91. The Balaban J connectivity index is 0.00000200. The van der Waals surface area contributed by atoms with Crippen molar-refractivity contribution in [3.8, 4) is 0 Å². The van der Waals surface area contributed by atoms with Crippen molar-refractivity contribution in [1.29, 1.82) is 0 Å². The third-order valence-corrected chi connectivity index (χ3v) is 3.20. The van der Waals surface area contributed by atoms with Gasteiger partial charge in [-0.1, -0.05) is 6.07 Å². The second-order valence-corrected chi connectivity index (χ2v) is 4.91. The average Bonchev–Trinajstić information content (AvgIpc) is 2.61. The maximum atomic E-state index is 13.6. The number of hydrogen-bond acceptors (Lipinski definition) is 3. The van der Waals surface area contributed by atoms with E-state index in [0.717, 1.165) is 38.2 Å². The van der Waals surface area contributed by atoms with Crippen LogP contribution < -0.4 is 10.6 Å². The summed E-state index contributed by atoms with van der Waals surface area (Å²) in [6.07, 6.45) is 1.03. The van der Waals surface area contributed by atoms with Gasteiger partial charge in [0.15, 0.2) is 0 Å². The van der Waals surface area contributed by atoms with Crippen LogP contribution in [0.4, 0.5) is 10.1 Å². The second kappa shape index (κ2) is 8.19. The number of carbonyl (C=O) groups excluding carboxylic acids is 1. The molecule has 6 heteroatoms. The van der Waals surface area contributed by atoms with Gasteiger partial charge in [-0.15, -0.1) is 12.4 Å². The van der Waals surface area contributed by atoms with E-state index in [1.807, 2.05) is 6.92 Å². The summed E-state index contributed by atoms with van der Waals surface area (Å²) in [5.74, 6) is -0.546. The molecule has 2 N–H and O–H groups in total. The van der Waals surface area contributed by atoms with Crippen molar-refractivity contribution in [1.82, 2.24) is 10.2 Å². The molecule has 1 aromatic carbocycles. The van der Waals surface area contributed by atoms with Gasteiger partial charge in [0.05, 0.1) is 12.2 Å². The van der Waals surface area contributed by atoms with Gasteiger partial charge < -0.3 is 10.6 Å². The fourth-order valence-electron chi connectivity index (χ4n) is 2.17. The summed E-state index contributed by atoms with van der Waals surface area (Å²) >= 11 is 0. The fourth-order valence-corrected chi connectivity index (χ4v) is 2.17. The molecule has 2 rings (SSSR count). The predicted molar refractivity (Wildman–Crippen MR) is 80.9 cm³/mol. The monoisotopic (exact) mass is 301 g/mol. The summed E-state index contributed by atoms with van der Waals surface area (Å²) < 4.78 is 13.6. The summed E-state index contributed by atoms with van der Waals surface area (Å²) in [5, 5.41) is 5.91. The SMILES string of the molecule is Cc1ccc(NC(=O)CN2CCCNCC2)c(F)c1.Cl. The Bertz CT molecular complexity index is 448. The molecule has 1 amide bonds. The molecular weight excluding hydrogens is 281 g/mol. The summed E-state index contributed by atoms with van der Waals surface area (Å²) in [5.41, 5.74) is 1.10. The first kappa shape index (κ1) is 16.9. The number of nitrogens with zero attached hydrogens (tertiary/aromatic N) is 1. The molecule has 0 radical (unpaired) electrons. The van der Waals surface area contributed by atoms with Crippen LogP contribution in [-0.4, -0.2) is 43.5 Å². The molecule has 0 unspecified atom stereocenters. The standard InChI is InChI=1S/C14H20FN3O.ClH/c1-11-3-4-13(12(15)9-11)17-14(19)10-18-7-2-5-16-6-8-18;/h3-4,9,16H,2,5-8,10H2,1H3,(H,17,19);1H. The quantitative estimate of drug-likeness (QED) is 0.895. The van der Waals surface area contributed by atoms with Crippen molar-refractivity contribution in [2.75, 3.05) is 38.0 Å². The Morgan fingerprint density at radius 1 is 1.40 bits per heavy atom. The van der Waals surface area contributed by atoms with Crippen molar-refractivity contribution in [2.24, 2.45) is 0 Å². The lowest BCUT2D eigenvalue weighted by Crippen LogP contribution is -2.35. The Hall–Kier alpha value is -1.17. The minimum absolute atomic E-state index is 0. The molecule has 112 valence electrons. The van der Waals surface area contributed by atoms with Crippen molar-refractivity contribution >= 4 is 24.0 Å². The van der Waals surface area contributed by atoms with Gasteiger partial charge in [0.2, 0.25) is 5.91 Å². The van der Waals surface area contributed by atoms with E-state index >= 15 is 0 Å². The summed E-state index contributed by atoms with van der Waals surface area (Å²) in [7, 11) is 0. The minimum Gasteiger partial charge on any atom is -0.322 e. The zero-order valence-corrected chi connectivity index (χ0v) is 12.4. The first-order valence-electron chi connectivity index (χ1n) is 6.64. The molecule has 1 aliphatic heterocycles. The molecule has 0 aliphatic carbocycles. The van der Waals surface area contributed by atoms with Crippen LogP contribution >= 0.6 is 12.4 Å². The highest BCUT2D eigenvalue weighted by atomic mass is 35.5. The lowest BCUT2D eigenvalue weighted by Gasteiger charge is -2.18. The van der Waals surface area contributed by atoms with Gasteiger partial charge in [0.25, 0.3) is 0 Å². The van der Waals surface area contributed by atoms with Gasteiger partial charge in [0, 0.05) is 13.1 Å². The van der Waals surface area contributed by atoms with Gasteiger partial charge in [0.1, 0.15) is 5.82 Å². The lowest BCUT2D eigenvalue weighted by molar-refractivity contribution is -0.117. The average molecular weight is 302 g/mol. The maximum Gasteiger partial charge on any atom is 0.238 e. The first-order chi connectivity index (χ1) is 9.15. The van der Waals surface area contributed by atoms with Gasteiger partial charge in [-0.25, -0.2) is 4.39 Å². The van der Waals surface area contributed by atoms with Crippen LogP contribution in [-0.2, 0) is 4.79 Å². The number of nitrogens with one attached hydrogen (secondary N) is 2. The van der Waals surface area contributed by atoms with Crippen molar-refractivity contribution in [3.05, 3.63) is 29.6 Å². The fraction of sp³-hybridized carbons (Fsp3) is 0.500. The van der Waals surface area contributed by atoms with Crippen LogP contribution in [0.5, 0.6) is 0 Å². The number of hydrogen-bond donors (Lipinski definition) is 2. The molecule has 0 atom stereocenters. The highest BCUT2D eigenvalue weighted by molar-refractivity contribution is 5.92. The van der Waals surface area contributed by atoms with E-state index in [2.05, 4.69) is 15.5 Å². The third-order valence-electron chi connectivity index (χ3n) is 3.20. The number of aryl methyl sites for hydroxylation is 1. The molecule has 1 saturated heterocycles. The van der Waals surface area contributed by atoms with Crippen LogP contribution in [0.15, 0.2) is 18.2 Å². The summed E-state index contributed by atoms with van der Waals surface area (Å²) in [6, 6.07) is 4.81. The Kier molecular flexibility index (Phi) is 6.91. The predicted octanol–water partition coefficient (Wildman–Crippen LogP) is 1.79. The van der Waals surface area contributed by atoms with Crippen LogP contribution in [0.3, 0.4) is 0 Å². The Labute approximate surface area is 125 Å². The van der Waals surface area contributed by atoms with Crippen LogP contribution in [0, 0.1) is 12.7 Å². The van der Waals surface area contributed by atoms with Gasteiger partial charge in [-0.3, -0.25) is 9.69 Å². The lowest BCUT2D eigenvalue weighted by atomic mass is 10.2. The highest BCUT2D eigenvalue weighted by Crippen LogP contribution is 2.15. The molecule has 1 aliphatic rings. The molecule has 0 aromatic heterocycles. The third kappa shape index (κ3) is 5.07. The number of anilines is 1. The van der Waals surface area contributed by atoms with E-state index in [4.69, 9.17) is 0 Å². The molecule has 0 spiro atoms. The topological polar surface area (TPSA) is 44.4 Å². The molecule has 1 heterocycles. The van der Waals surface area contributed by atoms with Gasteiger partial charge >= 0.3 is 0 Å². The molecule has 4 nitrogen and oxygen atoms in total. The van der Waals surface area contributed by atoms with Crippen LogP contribution in [0.25, 0.3) is 0 Å². The van der Waals surface area contributed by atoms with Crippen LogP contribution in [0.2, 0.25) is 0 Å². The van der Waals surface area contributed by atoms with E-state index in [9.17, 15) is 9.18 Å². The van der Waals surface area contributed by atoms with Gasteiger partial charge in [-0.05, 0) is 44.1 Å². The van der Waals surface area contributed by atoms with Gasteiger partial charge in [-0.2, -0.15) is 0 Å². The number of halogens is 2. The largest absolute Gasteiger partial charge is 0.322 e. The maximum absolute atomic E-state index is 13.6. The van der Waals surface area contributed by atoms with E-state index in [0.29, 0.717) is 6.54 Å². The number of rotatable bonds is 3. The summed E-state index contributed by atoms with van der Waals surface area (Å²) in [4.78, 5) is 14.0. The molecular formula is C14H21ClFN3O. The van der Waals surface area contributed by atoms with Crippen LogP contribution in [0.1, 0.15) is 12.0 Å². The van der Waals surface area contributed by atoms with E-state index in [1.54, 1.807) is 12.1 Å². The summed E-state index contributed by atoms with van der Waals surface area (Å²) in [6.45, 7) is 5.77. The van der Waals surface area contributed by atoms with Crippen molar-refractivity contribution < 1.29 is 9.18 Å². The van der Waals surface area contributed by atoms with Crippen molar-refractivity contribution in [3.63, 3.8) is 0 Å². The number of carbonyl (C=O) groups is 1. The van der Waals surface area contributed by atoms with Crippen molar-refractivity contribution in [2.45, 2.75) is 13.3 Å². The Morgan fingerprint density at radius 2 is 2.20 bits per heavy atom. The zero-order valence-electron chi connectivity index (χ0n) is 11.6. The smallest absolute Gasteiger partial charge is 0.238 e. The molecule has 20 heavy (non-hydrogen) atoms. The molecule has 1 fully saturated rings. The van der Waals surface area contributed by atoms with E-state index in [-0.39, 0.29) is 29.8 Å². The van der Waals surface area contributed by atoms with E-state index < -0.39 is 0 Å². The number of amides is 1. The number of benzene rings is 1. The molecule has 0 bridgehead atoms. The highest BCUT2D eigenvalue weighted by Gasteiger charge is 2.13. The Morgan fingerprint density at radius 3 is 2.95 bits per heavy atom. The molecule has 0 saturated carbocycles. The molecule has 1 aromatic rings. The minimum atomic E-state index is -0.383. The first-order valence-corrected chi connectivity index (χ1v) is 6.64.